The Bertz CT molecular complexity index is 330. The smallest absolute Gasteiger partial charge is 0.0971 e. The first kappa shape index (κ1) is 9.52. The van der Waals surface area contributed by atoms with Gasteiger partial charge in [-0.3, -0.25) is 0 Å². The molecule has 0 radical (unpaired) electrons. The van der Waals surface area contributed by atoms with E-state index in [0.29, 0.717) is 0 Å². The fourth-order valence-corrected chi connectivity index (χ4v) is 3.82. The quantitative estimate of drug-likeness (QED) is 0.510. The maximum Gasteiger partial charge on any atom is 0.148 e. The van der Waals surface area contributed by atoms with E-state index in [2.05, 4.69) is 12.1 Å². The van der Waals surface area contributed by atoms with Gasteiger partial charge in [0.25, 0.3) is 0 Å². The molecule has 0 unspecified atom stereocenters. The van der Waals surface area contributed by atoms with Crippen molar-refractivity contribution in [3.05, 3.63) is 35.9 Å². The van der Waals surface area contributed by atoms with Gasteiger partial charge in [0, 0.05) is 5.29 Å². The molecule has 0 aliphatic carbocycles. The van der Waals surface area contributed by atoms with E-state index < -0.39 is 4.33 Å². The van der Waals surface area contributed by atoms with Crippen LogP contribution in [0.2, 0.25) is 0 Å². The lowest BCUT2D eigenvalue weighted by atomic mass is 10.1. The first-order valence-corrected chi connectivity index (χ1v) is 6.02. The summed E-state index contributed by atoms with van der Waals surface area (Å²) in [5, 5.41) is 1.15. The second-order valence-electron chi connectivity index (χ2n) is 3.05. The minimum atomic E-state index is -0.636. The van der Waals surface area contributed by atoms with Crippen LogP contribution in [-0.4, -0.2) is 15.8 Å². The second-order valence-corrected chi connectivity index (χ2v) is 5.75. The maximum absolute atomic E-state index is 6.19. The summed E-state index contributed by atoms with van der Waals surface area (Å²) in [6, 6.07) is 10.2. The van der Waals surface area contributed by atoms with Gasteiger partial charge in [-0.15, -0.1) is 0 Å². The van der Waals surface area contributed by atoms with Crippen LogP contribution in [0.1, 0.15) is 12.0 Å². The molecule has 2 rings (SSSR count). The molecule has 1 heterocycles. The Balaban J connectivity index is 2.38. The molecular formula is C10H9Cl2P. The predicted molar refractivity (Wildman–Crippen MR) is 61.4 cm³/mol. The van der Waals surface area contributed by atoms with Crippen molar-refractivity contribution in [2.24, 2.45) is 0 Å². The molecule has 1 aromatic rings. The lowest BCUT2D eigenvalue weighted by Gasteiger charge is -2.16. The molecule has 0 bridgehead atoms. The molecule has 1 aliphatic heterocycles. The SMILES string of the molecule is ClC1(Cl)CCP=C1c1ccccc1. The van der Waals surface area contributed by atoms with Crippen molar-refractivity contribution in [3.8, 4) is 0 Å². The predicted octanol–water partition coefficient (Wildman–Crippen LogP) is 3.73. The van der Waals surface area contributed by atoms with Crippen LogP contribution < -0.4 is 0 Å². The molecule has 0 saturated carbocycles. The minimum Gasteiger partial charge on any atom is -0.0971 e. The Morgan fingerprint density at radius 1 is 1.15 bits per heavy atom. The number of hydrogen-bond acceptors (Lipinski definition) is 0. The van der Waals surface area contributed by atoms with Crippen molar-refractivity contribution in [2.75, 3.05) is 6.16 Å². The summed E-state index contributed by atoms with van der Waals surface area (Å²) in [6.45, 7) is 0. The van der Waals surface area contributed by atoms with Crippen molar-refractivity contribution in [3.63, 3.8) is 0 Å². The molecule has 0 spiro atoms. The number of hydrogen-bond donors (Lipinski definition) is 0. The zero-order valence-electron chi connectivity index (χ0n) is 7.00. The standard InChI is InChI=1S/C10H9Cl2P/c11-10(12)6-7-13-9(10)8-4-2-1-3-5-8/h1-5H,6-7H2. The lowest BCUT2D eigenvalue weighted by molar-refractivity contribution is 0.974. The molecule has 13 heavy (non-hydrogen) atoms. The summed E-state index contributed by atoms with van der Waals surface area (Å²) in [5.41, 5.74) is 1.17. The first-order chi connectivity index (χ1) is 6.20. The molecule has 68 valence electrons. The van der Waals surface area contributed by atoms with Crippen LogP contribution in [0.15, 0.2) is 30.3 Å². The summed E-state index contributed by atoms with van der Waals surface area (Å²) in [4.78, 5) is 0. The van der Waals surface area contributed by atoms with Crippen LogP contribution >= 0.6 is 31.4 Å². The van der Waals surface area contributed by atoms with Crippen molar-refractivity contribution < 1.29 is 0 Å². The third-order valence-corrected chi connectivity index (χ3v) is 4.51. The molecule has 0 fully saturated rings. The average Bonchev–Trinajstić information content (AvgIpc) is 2.47. The van der Waals surface area contributed by atoms with E-state index in [1.54, 1.807) is 0 Å². The minimum absolute atomic E-state index is 0.636. The van der Waals surface area contributed by atoms with Crippen molar-refractivity contribution >= 4 is 36.7 Å². The van der Waals surface area contributed by atoms with E-state index in [9.17, 15) is 0 Å². The first-order valence-electron chi connectivity index (χ1n) is 4.18. The van der Waals surface area contributed by atoms with E-state index in [1.807, 2.05) is 18.2 Å². The Labute approximate surface area is 89.7 Å². The van der Waals surface area contributed by atoms with Gasteiger partial charge in [-0.1, -0.05) is 61.7 Å². The Hall–Kier alpha value is -0.0300. The van der Waals surface area contributed by atoms with Crippen LogP contribution in [0.4, 0.5) is 0 Å². The molecule has 0 saturated heterocycles. The van der Waals surface area contributed by atoms with Crippen molar-refractivity contribution in [2.45, 2.75) is 10.8 Å². The molecule has 0 nitrogen and oxygen atoms in total. The van der Waals surface area contributed by atoms with E-state index in [4.69, 9.17) is 23.2 Å². The fraction of sp³-hybridized carbons (Fsp3) is 0.300. The highest BCUT2D eigenvalue weighted by Gasteiger charge is 2.33. The molecule has 1 aliphatic rings. The largest absolute Gasteiger partial charge is 0.148 e. The van der Waals surface area contributed by atoms with Gasteiger partial charge in [0.15, 0.2) is 0 Å². The molecule has 3 heteroatoms. The molecule has 0 N–H and O–H groups in total. The van der Waals surface area contributed by atoms with Gasteiger partial charge in [-0.2, -0.15) is 0 Å². The Morgan fingerprint density at radius 2 is 1.85 bits per heavy atom. The van der Waals surface area contributed by atoms with Crippen LogP contribution in [-0.2, 0) is 0 Å². The summed E-state index contributed by atoms with van der Waals surface area (Å²) < 4.78 is -0.636. The molecule has 1 aromatic carbocycles. The lowest BCUT2D eigenvalue weighted by Crippen LogP contribution is -2.21. The van der Waals surface area contributed by atoms with Gasteiger partial charge in [0.05, 0.1) is 0 Å². The summed E-state index contributed by atoms with van der Waals surface area (Å²) >= 11 is 12.4. The zero-order valence-corrected chi connectivity index (χ0v) is 9.41. The average molecular weight is 231 g/mol. The highest BCUT2D eigenvalue weighted by Crippen LogP contribution is 2.40. The van der Waals surface area contributed by atoms with Gasteiger partial charge < -0.3 is 0 Å². The number of rotatable bonds is 1. The van der Waals surface area contributed by atoms with Gasteiger partial charge >= 0.3 is 0 Å². The molecule has 0 amide bonds. The van der Waals surface area contributed by atoms with Crippen LogP contribution in [0.5, 0.6) is 0 Å². The number of alkyl halides is 2. The summed E-state index contributed by atoms with van der Waals surface area (Å²) in [5.74, 6) is 0. The van der Waals surface area contributed by atoms with E-state index in [1.165, 1.54) is 13.8 Å². The summed E-state index contributed by atoms with van der Waals surface area (Å²) in [7, 11) is 1.27. The molecule has 0 aromatic heterocycles. The van der Waals surface area contributed by atoms with Gasteiger partial charge in [-0.05, 0) is 18.1 Å². The summed E-state index contributed by atoms with van der Waals surface area (Å²) in [6.07, 6.45) is 1.93. The van der Waals surface area contributed by atoms with E-state index >= 15 is 0 Å². The highest BCUT2D eigenvalue weighted by molar-refractivity contribution is 7.43. The molecule has 0 atom stereocenters. The van der Waals surface area contributed by atoms with E-state index in [0.717, 1.165) is 17.9 Å². The van der Waals surface area contributed by atoms with Gasteiger partial charge in [0.1, 0.15) is 4.33 Å². The molecular weight excluding hydrogens is 222 g/mol. The zero-order chi connectivity index (χ0) is 9.31. The van der Waals surface area contributed by atoms with Gasteiger partial charge in [-0.25, -0.2) is 0 Å². The second kappa shape index (κ2) is 3.61. The highest BCUT2D eigenvalue weighted by atomic mass is 35.5. The normalized spacial score (nSPS) is 21.2. The topological polar surface area (TPSA) is 0 Å². The van der Waals surface area contributed by atoms with Crippen molar-refractivity contribution in [1.82, 2.24) is 0 Å². The van der Waals surface area contributed by atoms with Crippen LogP contribution in [0, 0.1) is 0 Å². The third-order valence-electron chi connectivity index (χ3n) is 2.09. The van der Waals surface area contributed by atoms with Crippen molar-refractivity contribution in [1.29, 1.82) is 0 Å². The van der Waals surface area contributed by atoms with E-state index in [-0.39, 0.29) is 0 Å². The Kier molecular flexibility index (Phi) is 2.65. The Morgan fingerprint density at radius 3 is 2.38 bits per heavy atom. The van der Waals surface area contributed by atoms with Gasteiger partial charge in [0.2, 0.25) is 0 Å². The van der Waals surface area contributed by atoms with Crippen LogP contribution in [0.3, 0.4) is 0 Å². The third kappa shape index (κ3) is 1.91. The number of halogens is 2. The number of benzene rings is 1. The monoisotopic (exact) mass is 230 g/mol. The fourth-order valence-electron chi connectivity index (χ4n) is 1.44. The maximum atomic E-state index is 6.19. The van der Waals surface area contributed by atoms with Crippen LogP contribution in [0.25, 0.3) is 0 Å².